The van der Waals surface area contributed by atoms with Gasteiger partial charge in [0.25, 0.3) is 0 Å². The lowest BCUT2D eigenvalue weighted by Gasteiger charge is -2.25. The van der Waals surface area contributed by atoms with Crippen molar-refractivity contribution in [1.82, 2.24) is 0 Å². The third kappa shape index (κ3) is 5.82. The minimum Gasteiger partial charge on any atom is -0.491 e. The summed E-state index contributed by atoms with van der Waals surface area (Å²) >= 11 is 0. The Labute approximate surface area is 117 Å². The van der Waals surface area contributed by atoms with E-state index >= 15 is 0 Å². The highest BCUT2D eigenvalue weighted by Gasteiger charge is 2.30. The van der Waals surface area contributed by atoms with E-state index in [1.807, 2.05) is 13.8 Å². The summed E-state index contributed by atoms with van der Waals surface area (Å²) in [4.78, 5) is 0. The number of aliphatic hydroxyl groups is 1. The van der Waals surface area contributed by atoms with Gasteiger partial charge in [-0.15, -0.1) is 0 Å². The van der Waals surface area contributed by atoms with E-state index in [4.69, 9.17) is 4.74 Å². The topological polar surface area (TPSA) is 29.5 Å². The van der Waals surface area contributed by atoms with Crippen LogP contribution in [-0.4, -0.2) is 17.4 Å². The summed E-state index contributed by atoms with van der Waals surface area (Å²) in [6.45, 7) is 5.29. The average molecular weight is 290 g/mol. The molecule has 114 valence electrons. The van der Waals surface area contributed by atoms with Crippen molar-refractivity contribution < 1.29 is 23.0 Å². The molecule has 1 N–H and O–H groups in total. The molecule has 0 saturated carbocycles. The van der Waals surface area contributed by atoms with Gasteiger partial charge in [-0.25, -0.2) is 0 Å². The summed E-state index contributed by atoms with van der Waals surface area (Å²) in [5.74, 6) is 0.605. The van der Waals surface area contributed by atoms with E-state index in [2.05, 4.69) is 0 Å². The highest BCUT2D eigenvalue weighted by Crippen LogP contribution is 2.31. The lowest BCUT2D eigenvalue weighted by atomic mass is 9.90. The summed E-state index contributed by atoms with van der Waals surface area (Å²) in [5, 5.41) is 10.3. The van der Waals surface area contributed by atoms with Gasteiger partial charge in [0.1, 0.15) is 5.75 Å². The van der Waals surface area contributed by atoms with Crippen LogP contribution >= 0.6 is 0 Å². The molecule has 0 fully saturated rings. The molecule has 0 aliphatic heterocycles. The molecular formula is C15H21F3O2. The van der Waals surface area contributed by atoms with Crippen molar-refractivity contribution in [3.63, 3.8) is 0 Å². The van der Waals surface area contributed by atoms with Gasteiger partial charge in [0.05, 0.1) is 11.7 Å². The molecule has 0 amide bonds. The second kappa shape index (κ2) is 6.48. The van der Waals surface area contributed by atoms with Crippen LogP contribution < -0.4 is 4.74 Å². The molecule has 0 bridgehead atoms. The second-order valence-corrected chi connectivity index (χ2v) is 5.44. The van der Waals surface area contributed by atoms with E-state index in [9.17, 15) is 18.3 Å². The molecule has 1 unspecified atom stereocenters. The summed E-state index contributed by atoms with van der Waals surface area (Å²) < 4.78 is 41.9. The van der Waals surface area contributed by atoms with Crippen molar-refractivity contribution in [1.29, 1.82) is 0 Å². The van der Waals surface area contributed by atoms with Crippen LogP contribution in [0.25, 0.3) is 0 Å². The molecule has 0 aliphatic rings. The largest absolute Gasteiger partial charge is 0.491 e. The molecule has 0 heterocycles. The van der Waals surface area contributed by atoms with Gasteiger partial charge in [0, 0.05) is 6.42 Å². The summed E-state index contributed by atoms with van der Waals surface area (Å²) in [6.07, 6.45) is -5.12. The van der Waals surface area contributed by atoms with Crippen molar-refractivity contribution in [3.05, 3.63) is 29.8 Å². The normalized spacial score (nSPS) is 15.2. The molecule has 1 aromatic rings. The first kappa shape index (κ1) is 16.8. The van der Waals surface area contributed by atoms with E-state index in [1.165, 1.54) is 6.92 Å². The molecule has 0 saturated heterocycles. The number of alkyl halides is 3. The summed E-state index contributed by atoms with van der Waals surface area (Å²) in [5.41, 5.74) is -0.723. The standard InChI is InChI=1S/C15H21F3O2/c1-11(2)20-13-7-4-6-12(10-13)14(3,19)8-5-9-15(16,17)18/h4,6-7,10-11,19H,5,8-9H2,1-3H3. The minimum atomic E-state index is -4.18. The Hall–Kier alpha value is -1.23. The highest BCUT2D eigenvalue weighted by atomic mass is 19.4. The first-order valence-corrected chi connectivity index (χ1v) is 6.66. The molecule has 0 spiro atoms. The van der Waals surface area contributed by atoms with Crippen molar-refractivity contribution in [3.8, 4) is 5.75 Å². The highest BCUT2D eigenvalue weighted by molar-refractivity contribution is 5.32. The number of hydrogen-bond acceptors (Lipinski definition) is 2. The van der Waals surface area contributed by atoms with Crippen LogP contribution in [0.1, 0.15) is 45.6 Å². The van der Waals surface area contributed by atoms with Gasteiger partial charge in [-0.3, -0.25) is 0 Å². The van der Waals surface area contributed by atoms with Gasteiger partial charge in [-0.05, 0) is 51.3 Å². The Morgan fingerprint density at radius 3 is 2.40 bits per heavy atom. The zero-order chi connectivity index (χ0) is 15.4. The summed E-state index contributed by atoms with van der Waals surface area (Å²) in [7, 11) is 0. The molecule has 5 heteroatoms. The van der Waals surface area contributed by atoms with Crippen molar-refractivity contribution >= 4 is 0 Å². The average Bonchev–Trinajstić information content (AvgIpc) is 2.26. The van der Waals surface area contributed by atoms with Gasteiger partial charge in [0.15, 0.2) is 0 Å². The number of rotatable bonds is 6. The number of hydrogen-bond donors (Lipinski definition) is 1. The van der Waals surface area contributed by atoms with Gasteiger partial charge in [0.2, 0.25) is 0 Å². The molecule has 1 rings (SSSR count). The first-order valence-electron chi connectivity index (χ1n) is 6.66. The van der Waals surface area contributed by atoms with Crippen LogP contribution in [0.15, 0.2) is 24.3 Å². The maximum atomic E-state index is 12.1. The summed E-state index contributed by atoms with van der Waals surface area (Å²) in [6, 6.07) is 6.86. The Bertz CT molecular complexity index is 425. The van der Waals surface area contributed by atoms with E-state index in [0.717, 1.165) is 0 Å². The quantitative estimate of drug-likeness (QED) is 0.840. The molecule has 0 aliphatic carbocycles. The van der Waals surface area contributed by atoms with Crippen molar-refractivity contribution in [2.24, 2.45) is 0 Å². The molecule has 0 aromatic heterocycles. The van der Waals surface area contributed by atoms with Gasteiger partial charge in [-0.1, -0.05) is 12.1 Å². The third-order valence-corrected chi connectivity index (χ3v) is 2.95. The Morgan fingerprint density at radius 2 is 1.85 bits per heavy atom. The van der Waals surface area contributed by atoms with E-state index in [-0.39, 0.29) is 18.9 Å². The molecule has 20 heavy (non-hydrogen) atoms. The van der Waals surface area contributed by atoms with Gasteiger partial charge < -0.3 is 9.84 Å². The van der Waals surface area contributed by atoms with Crippen LogP contribution in [0.4, 0.5) is 13.2 Å². The molecule has 1 aromatic carbocycles. The van der Waals surface area contributed by atoms with E-state index in [0.29, 0.717) is 11.3 Å². The maximum Gasteiger partial charge on any atom is 0.389 e. The van der Waals surface area contributed by atoms with Crippen LogP contribution in [0, 0.1) is 0 Å². The number of ether oxygens (including phenoxy) is 1. The monoisotopic (exact) mass is 290 g/mol. The van der Waals surface area contributed by atoms with Gasteiger partial charge >= 0.3 is 6.18 Å². The molecule has 1 atom stereocenters. The zero-order valence-electron chi connectivity index (χ0n) is 12.0. The van der Waals surface area contributed by atoms with Crippen LogP contribution in [0.5, 0.6) is 5.75 Å². The predicted octanol–water partition coefficient (Wildman–Crippen LogP) is 4.41. The fraction of sp³-hybridized carbons (Fsp3) is 0.600. The van der Waals surface area contributed by atoms with E-state index < -0.39 is 18.2 Å². The first-order chi connectivity index (χ1) is 9.10. The van der Waals surface area contributed by atoms with Crippen LogP contribution in [0.2, 0.25) is 0 Å². The van der Waals surface area contributed by atoms with Crippen molar-refractivity contribution in [2.45, 2.75) is 57.9 Å². The molecule has 2 nitrogen and oxygen atoms in total. The Kier molecular flexibility index (Phi) is 5.45. The van der Waals surface area contributed by atoms with Crippen LogP contribution in [0.3, 0.4) is 0 Å². The maximum absolute atomic E-state index is 12.1. The number of halogens is 3. The lowest BCUT2D eigenvalue weighted by molar-refractivity contribution is -0.137. The lowest BCUT2D eigenvalue weighted by Crippen LogP contribution is -2.22. The SMILES string of the molecule is CC(C)Oc1cccc(C(C)(O)CCCC(F)(F)F)c1. The smallest absolute Gasteiger partial charge is 0.389 e. The fourth-order valence-corrected chi connectivity index (χ4v) is 1.95. The molecular weight excluding hydrogens is 269 g/mol. The third-order valence-electron chi connectivity index (χ3n) is 2.95. The van der Waals surface area contributed by atoms with Crippen molar-refractivity contribution in [2.75, 3.05) is 0 Å². The Morgan fingerprint density at radius 1 is 1.20 bits per heavy atom. The van der Waals surface area contributed by atoms with E-state index in [1.54, 1.807) is 24.3 Å². The Balaban J connectivity index is 2.71. The second-order valence-electron chi connectivity index (χ2n) is 5.44. The number of benzene rings is 1. The van der Waals surface area contributed by atoms with Crippen LogP contribution in [-0.2, 0) is 5.60 Å². The fourth-order valence-electron chi connectivity index (χ4n) is 1.95. The predicted molar refractivity (Wildman–Crippen MR) is 71.7 cm³/mol. The minimum absolute atomic E-state index is 0.000397. The zero-order valence-corrected chi connectivity index (χ0v) is 12.0. The van der Waals surface area contributed by atoms with Gasteiger partial charge in [-0.2, -0.15) is 13.2 Å². The molecule has 0 radical (unpaired) electrons.